The Bertz CT molecular complexity index is 504. The molecule has 21 heavy (non-hydrogen) atoms. The van der Waals surface area contributed by atoms with Gasteiger partial charge in [-0.3, -0.25) is 4.79 Å². The zero-order chi connectivity index (χ0) is 15.4. The first-order valence-electron chi connectivity index (χ1n) is 7.43. The molecule has 1 heterocycles. The molecule has 2 rings (SSSR count). The molecule has 1 saturated heterocycles. The Morgan fingerprint density at radius 2 is 2.10 bits per heavy atom. The summed E-state index contributed by atoms with van der Waals surface area (Å²) in [6.07, 6.45) is 3.48. The summed E-state index contributed by atoms with van der Waals surface area (Å²) in [5, 5.41) is 4.05. The lowest BCUT2D eigenvalue weighted by molar-refractivity contribution is 0.0828. The van der Waals surface area contributed by atoms with E-state index in [1.807, 2.05) is 12.1 Å². The molecule has 0 aliphatic carbocycles. The number of amides is 1. The van der Waals surface area contributed by atoms with Crippen molar-refractivity contribution in [1.29, 1.82) is 0 Å². The van der Waals surface area contributed by atoms with Crippen molar-refractivity contribution in [3.8, 4) is 0 Å². The van der Waals surface area contributed by atoms with Gasteiger partial charge < -0.3 is 15.1 Å². The first kappa shape index (κ1) is 16.1. The fourth-order valence-electron chi connectivity index (χ4n) is 2.64. The zero-order valence-corrected chi connectivity index (χ0v) is 13.8. The van der Waals surface area contributed by atoms with Crippen LogP contribution in [0.4, 0.5) is 5.69 Å². The average molecular weight is 310 g/mol. The fraction of sp³-hybridized carbons (Fsp3) is 0.562. The number of nitrogens with one attached hydrogen (secondary N) is 1. The molecule has 1 unspecified atom stereocenters. The number of nitrogens with zero attached hydrogens (tertiary/aromatic N) is 2. The second-order valence-corrected chi connectivity index (χ2v) is 6.38. The second-order valence-electron chi connectivity index (χ2n) is 5.97. The fourth-order valence-corrected chi connectivity index (χ4v) is 2.84. The van der Waals surface area contributed by atoms with E-state index in [9.17, 15) is 4.79 Å². The van der Waals surface area contributed by atoms with Crippen molar-refractivity contribution in [2.45, 2.75) is 25.3 Å². The third kappa shape index (κ3) is 4.35. The number of rotatable bonds is 3. The molecule has 0 bridgehead atoms. The molecule has 1 amide bonds. The van der Waals surface area contributed by atoms with Gasteiger partial charge in [-0.2, -0.15) is 0 Å². The third-order valence-electron chi connectivity index (χ3n) is 3.93. The maximum absolute atomic E-state index is 12.1. The molecule has 0 radical (unpaired) electrons. The summed E-state index contributed by atoms with van der Waals surface area (Å²) >= 11 is 6.14. The van der Waals surface area contributed by atoms with Gasteiger partial charge in [0.1, 0.15) is 0 Å². The molecule has 4 nitrogen and oxygen atoms in total. The van der Waals surface area contributed by atoms with Crippen molar-refractivity contribution < 1.29 is 4.79 Å². The number of halogens is 1. The van der Waals surface area contributed by atoms with Crippen LogP contribution in [-0.4, -0.2) is 56.0 Å². The van der Waals surface area contributed by atoms with Gasteiger partial charge in [-0.25, -0.2) is 0 Å². The van der Waals surface area contributed by atoms with Crippen LogP contribution in [0.5, 0.6) is 0 Å². The van der Waals surface area contributed by atoms with Crippen LogP contribution >= 0.6 is 11.6 Å². The van der Waals surface area contributed by atoms with E-state index in [0.717, 1.165) is 31.6 Å². The van der Waals surface area contributed by atoms with Crippen LogP contribution in [-0.2, 0) is 0 Å². The molecule has 116 valence electrons. The highest BCUT2D eigenvalue weighted by molar-refractivity contribution is 6.34. The largest absolute Gasteiger partial charge is 0.382 e. The number of likely N-dealkylation sites (tertiary alicyclic amines) is 1. The maximum atomic E-state index is 12.1. The van der Waals surface area contributed by atoms with Gasteiger partial charge in [0.25, 0.3) is 5.91 Å². The Balaban J connectivity index is 2.10. The number of carbonyl (C=O) groups is 1. The van der Waals surface area contributed by atoms with E-state index < -0.39 is 0 Å². The average Bonchev–Trinajstić information content (AvgIpc) is 2.65. The molecule has 0 aromatic heterocycles. The molecule has 1 N–H and O–H groups in total. The summed E-state index contributed by atoms with van der Waals surface area (Å²) in [5.74, 6) is -0.0655. The maximum Gasteiger partial charge on any atom is 0.254 e. The zero-order valence-electron chi connectivity index (χ0n) is 13.0. The molecule has 0 saturated carbocycles. The van der Waals surface area contributed by atoms with E-state index in [-0.39, 0.29) is 5.91 Å². The van der Waals surface area contributed by atoms with Crippen molar-refractivity contribution in [3.63, 3.8) is 0 Å². The predicted molar refractivity (Wildman–Crippen MR) is 88.2 cm³/mol. The van der Waals surface area contributed by atoms with E-state index in [1.54, 1.807) is 25.1 Å². The Labute approximate surface area is 132 Å². The van der Waals surface area contributed by atoms with Crippen molar-refractivity contribution in [2.75, 3.05) is 39.5 Å². The van der Waals surface area contributed by atoms with Gasteiger partial charge in [-0.1, -0.05) is 11.6 Å². The van der Waals surface area contributed by atoms with Crippen molar-refractivity contribution >= 4 is 23.2 Å². The topological polar surface area (TPSA) is 35.6 Å². The lowest BCUT2D eigenvalue weighted by atomic mass is 10.1. The highest BCUT2D eigenvalue weighted by atomic mass is 35.5. The molecule has 1 aliphatic heterocycles. The van der Waals surface area contributed by atoms with Gasteiger partial charge in [-0.15, -0.1) is 0 Å². The van der Waals surface area contributed by atoms with Gasteiger partial charge in [-0.05, 0) is 57.6 Å². The second kappa shape index (κ2) is 7.14. The van der Waals surface area contributed by atoms with Crippen LogP contribution in [0.1, 0.15) is 29.6 Å². The van der Waals surface area contributed by atoms with Gasteiger partial charge in [0.2, 0.25) is 0 Å². The molecular formula is C16H24ClN3O. The highest BCUT2D eigenvalue weighted by Gasteiger charge is 2.17. The minimum absolute atomic E-state index is 0.0655. The Morgan fingerprint density at radius 1 is 1.33 bits per heavy atom. The minimum atomic E-state index is -0.0655. The standard InChI is InChI=1S/C16H24ClN3O/c1-19(2)16(21)14-11-13(6-7-15(14)17)18-12-5-4-9-20(3)10-8-12/h6-7,11-12,18H,4-5,8-10H2,1-3H3. The van der Waals surface area contributed by atoms with Crippen LogP contribution in [0.25, 0.3) is 0 Å². The first-order valence-corrected chi connectivity index (χ1v) is 7.81. The SMILES string of the molecule is CN1CCCC(Nc2ccc(Cl)c(C(=O)N(C)C)c2)CC1. The van der Waals surface area contributed by atoms with Crippen LogP contribution in [0, 0.1) is 0 Å². The van der Waals surface area contributed by atoms with Crippen LogP contribution < -0.4 is 5.32 Å². The molecule has 1 aliphatic rings. The summed E-state index contributed by atoms with van der Waals surface area (Å²) in [6.45, 7) is 2.26. The van der Waals surface area contributed by atoms with Crippen LogP contribution in [0.2, 0.25) is 5.02 Å². The minimum Gasteiger partial charge on any atom is -0.382 e. The molecule has 1 aromatic carbocycles. The molecule has 1 aromatic rings. The monoisotopic (exact) mass is 309 g/mol. The molecule has 1 atom stereocenters. The Kier molecular flexibility index (Phi) is 5.48. The number of carbonyl (C=O) groups excluding carboxylic acids is 1. The summed E-state index contributed by atoms with van der Waals surface area (Å²) in [5.41, 5.74) is 1.52. The van der Waals surface area contributed by atoms with E-state index in [0.29, 0.717) is 16.6 Å². The Hall–Kier alpha value is -1.26. The van der Waals surface area contributed by atoms with Gasteiger partial charge in [0.05, 0.1) is 10.6 Å². The van der Waals surface area contributed by atoms with E-state index in [4.69, 9.17) is 11.6 Å². The van der Waals surface area contributed by atoms with Crippen molar-refractivity contribution in [2.24, 2.45) is 0 Å². The molecule has 0 spiro atoms. The molecular weight excluding hydrogens is 286 g/mol. The number of benzene rings is 1. The predicted octanol–water partition coefficient (Wildman–Crippen LogP) is 2.94. The third-order valence-corrected chi connectivity index (χ3v) is 4.26. The highest BCUT2D eigenvalue weighted by Crippen LogP contribution is 2.23. The smallest absolute Gasteiger partial charge is 0.254 e. The van der Waals surface area contributed by atoms with Crippen LogP contribution in [0.15, 0.2) is 18.2 Å². The van der Waals surface area contributed by atoms with E-state index in [1.165, 1.54) is 6.42 Å². The van der Waals surface area contributed by atoms with Crippen molar-refractivity contribution in [3.05, 3.63) is 28.8 Å². The summed E-state index contributed by atoms with van der Waals surface area (Å²) in [7, 11) is 5.64. The van der Waals surface area contributed by atoms with E-state index in [2.05, 4.69) is 17.3 Å². The van der Waals surface area contributed by atoms with E-state index >= 15 is 0 Å². The lowest BCUT2D eigenvalue weighted by Gasteiger charge is -2.19. The van der Waals surface area contributed by atoms with Gasteiger partial charge in [0.15, 0.2) is 0 Å². The number of hydrogen-bond acceptors (Lipinski definition) is 3. The lowest BCUT2D eigenvalue weighted by Crippen LogP contribution is -2.24. The molecule has 1 fully saturated rings. The Morgan fingerprint density at radius 3 is 2.81 bits per heavy atom. The summed E-state index contributed by atoms with van der Waals surface area (Å²) < 4.78 is 0. The summed E-state index contributed by atoms with van der Waals surface area (Å²) in [6, 6.07) is 6.06. The van der Waals surface area contributed by atoms with Gasteiger partial charge in [0, 0.05) is 25.8 Å². The number of hydrogen-bond donors (Lipinski definition) is 1. The van der Waals surface area contributed by atoms with Gasteiger partial charge >= 0.3 is 0 Å². The molecule has 5 heteroatoms. The summed E-state index contributed by atoms with van der Waals surface area (Å²) in [4.78, 5) is 16.0. The number of anilines is 1. The normalized spacial score (nSPS) is 19.9. The first-order chi connectivity index (χ1) is 9.97. The quantitative estimate of drug-likeness (QED) is 0.932. The van der Waals surface area contributed by atoms with Crippen LogP contribution in [0.3, 0.4) is 0 Å². The van der Waals surface area contributed by atoms with Crippen molar-refractivity contribution in [1.82, 2.24) is 9.80 Å².